The lowest BCUT2D eigenvalue weighted by molar-refractivity contribution is 0.0891. The van der Waals surface area contributed by atoms with Gasteiger partial charge in [-0.05, 0) is 31.9 Å². The van der Waals surface area contributed by atoms with Gasteiger partial charge in [0.15, 0.2) is 5.96 Å². The minimum Gasteiger partial charge on any atom is -0.376 e. The molecular formula is C21H35N5O. The van der Waals surface area contributed by atoms with Crippen LogP contribution in [0.2, 0.25) is 0 Å². The molecule has 0 aliphatic carbocycles. The van der Waals surface area contributed by atoms with Crippen molar-refractivity contribution in [2.24, 2.45) is 4.99 Å². The molecule has 2 unspecified atom stereocenters. The lowest BCUT2D eigenvalue weighted by atomic mass is 10.0. The molecule has 1 aromatic rings. The molecular weight excluding hydrogens is 338 g/mol. The van der Waals surface area contributed by atoms with Crippen molar-refractivity contribution in [3.05, 3.63) is 35.9 Å². The zero-order valence-corrected chi connectivity index (χ0v) is 16.9. The number of likely N-dealkylation sites (N-methyl/N-ethyl adjacent to an activating group) is 1. The number of rotatable bonds is 7. The quantitative estimate of drug-likeness (QED) is 0.433. The van der Waals surface area contributed by atoms with Crippen LogP contribution in [0.4, 0.5) is 0 Å². The molecule has 0 spiro atoms. The maximum absolute atomic E-state index is 5.66. The summed E-state index contributed by atoms with van der Waals surface area (Å²) in [5.41, 5.74) is 1.42. The molecule has 0 aromatic heterocycles. The summed E-state index contributed by atoms with van der Waals surface area (Å²) in [7, 11) is 4.05. The maximum atomic E-state index is 5.66. The van der Waals surface area contributed by atoms with Crippen molar-refractivity contribution in [1.29, 1.82) is 0 Å². The van der Waals surface area contributed by atoms with Gasteiger partial charge in [-0.3, -0.25) is 9.89 Å². The summed E-state index contributed by atoms with van der Waals surface area (Å²) in [6.45, 7) is 7.13. The molecule has 2 saturated heterocycles. The van der Waals surface area contributed by atoms with Gasteiger partial charge in [0.25, 0.3) is 0 Å². The van der Waals surface area contributed by atoms with Crippen LogP contribution in [-0.2, 0) is 4.74 Å². The van der Waals surface area contributed by atoms with E-state index in [4.69, 9.17) is 4.74 Å². The number of benzene rings is 1. The van der Waals surface area contributed by atoms with E-state index in [1.807, 2.05) is 7.05 Å². The Morgan fingerprint density at radius 3 is 2.81 bits per heavy atom. The molecule has 0 amide bonds. The SMILES string of the molecule is CN=C(NCCCN1CCN(C)CC1c1ccccc1)NCC1CCCO1. The van der Waals surface area contributed by atoms with Crippen LogP contribution >= 0.6 is 0 Å². The van der Waals surface area contributed by atoms with Crippen LogP contribution in [0, 0.1) is 0 Å². The van der Waals surface area contributed by atoms with Gasteiger partial charge in [0.1, 0.15) is 0 Å². The van der Waals surface area contributed by atoms with Crippen molar-refractivity contribution in [2.75, 3.05) is 60.0 Å². The van der Waals surface area contributed by atoms with Crippen molar-refractivity contribution in [1.82, 2.24) is 20.4 Å². The average Bonchev–Trinajstić information content (AvgIpc) is 3.22. The molecule has 6 nitrogen and oxygen atoms in total. The number of aliphatic imine (C=N–C) groups is 1. The normalized spacial score (nSPS) is 24.9. The van der Waals surface area contributed by atoms with Crippen molar-refractivity contribution in [3.63, 3.8) is 0 Å². The fraction of sp³-hybridized carbons (Fsp3) is 0.667. The molecule has 2 aliphatic heterocycles. The summed E-state index contributed by atoms with van der Waals surface area (Å²) in [5, 5.41) is 6.83. The van der Waals surface area contributed by atoms with E-state index >= 15 is 0 Å². The summed E-state index contributed by atoms with van der Waals surface area (Å²) in [6, 6.07) is 11.4. The lowest BCUT2D eigenvalue weighted by Gasteiger charge is -2.40. The molecule has 2 fully saturated rings. The van der Waals surface area contributed by atoms with Crippen molar-refractivity contribution < 1.29 is 4.74 Å². The molecule has 1 aromatic carbocycles. The van der Waals surface area contributed by atoms with Crippen molar-refractivity contribution in [2.45, 2.75) is 31.4 Å². The highest BCUT2D eigenvalue weighted by molar-refractivity contribution is 5.79. The van der Waals surface area contributed by atoms with Gasteiger partial charge in [-0.15, -0.1) is 0 Å². The van der Waals surface area contributed by atoms with Crippen LogP contribution in [0.25, 0.3) is 0 Å². The summed E-state index contributed by atoms with van der Waals surface area (Å²) in [4.78, 5) is 9.38. The topological polar surface area (TPSA) is 52.1 Å². The smallest absolute Gasteiger partial charge is 0.191 e. The second-order valence-electron chi connectivity index (χ2n) is 7.59. The standard InChI is InChI=1S/C21H35N5O/c1-22-21(24-16-19-10-6-15-27-19)23-11-7-12-26-14-13-25(2)17-20(26)18-8-4-3-5-9-18/h3-5,8-9,19-20H,6-7,10-17H2,1-2H3,(H2,22,23,24). The maximum Gasteiger partial charge on any atom is 0.191 e. The first kappa shape index (κ1) is 20.1. The number of nitrogens with zero attached hydrogens (tertiary/aromatic N) is 3. The second-order valence-corrected chi connectivity index (χ2v) is 7.59. The molecule has 0 saturated carbocycles. The Morgan fingerprint density at radius 1 is 1.22 bits per heavy atom. The Morgan fingerprint density at radius 2 is 2.07 bits per heavy atom. The largest absolute Gasteiger partial charge is 0.376 e. The van der Waals surface area contributed by atoms with Gasteiger partial charge in [0, 0.05) is 59.0 Å². The van der Waals surface area contributed by atoms with Crippen LogP contribution in [0.1, 0.15) is 30.9 Å². The Kier molecular flexibility index (Phi) is 7.93. The highest BCUT2D eigenvalue weighted by Crippen LogP contribution is 2.24. The molecule has 2 N–H and O–H groups in total. The molecule has 150 valence electrons. The predicted molar refractivity (Wildman–Crippen MR) is 111 cm³/mol. The number of ether oxygens (including phenoxy) is 1. The zero-order valence-electron chi connectivity index (χ0n) is 16.9. The Balaban J connectivity index is 1.41. The van der Waals surface area contributed by atoms with Gasteiger partial charge >= 0.3 is 0 Å². The minimum absolute atomic E-state index is 0.334. The molecule has 0 bridgehead atoms. The van der Waals surface area contributed by atoms with Crippen molar-refractivity contribution >= 4 is 5.96 Å². The molecule has 6 heteroatoms. The predicted octanol–water partition coefficient (Wildman–Crippen LogP) is 1.71. The minimum atomic E-state index is 0.334. The zero-order chi connectivity index (χ0) is 18.9. The number of hydrogen-bond acceptors (Lipinski definition) is 4. The van der Waals surface area contributed by atoms with Crippen LogP contribution < -0.4 is 10.6 Å². The highest BCUT2D eigenvalue weighted by atomic mass is 16.5. The molecule has 2 atom stereocenters. The first-order chi connectivity index (χ1) is 13.3. The van der Waals surface area contributed by atoms with Crippen molar-refractivity contribution in [3.8, 4) is 0 Å². The van der Waals surface area contributed by atoms with Crippen LogP contribution in [0.3, 0.4) is 0 Å². The third-order valence-corrected chi connectivity index (χ3v) is 5.54. The fourth-order valence-corrected chi connectivity index (χ4v) is 3.94. The van der Waals surface area contributed by atoms with Gasteiger partial charge < -0.3 is 20.3 Å². The first-order valence-corrected chi connectivity index (χ1v) is 10.3. The van der Waals surface area contributed by atoms with E-state index in [9.17, 15) is 0 Å². The van der Waals surface area contributed by atoms with Gasteiger partial charge in [0.2, 0.25) is 0 Å². The fourth-order valence-electron chi connectivity index (χ4n) is 3.94. The Hall–Kier alpha value is -1.63. The van der Waals surface area contributed by atoms with Crippen LogP contribution in [0.5, 0.6) is 0 Å². The van der Waals surface area contributed by atoms with Gasteiger partial charge in [-0.2, -0.15) is 0 Å². The second kappa shape index (κ2) is 10.6. The van der Waals surface area contributed by atoms with E-state index in [1.165, 1.54) is 12.0 Å². The number of nitrogens with one attached hydrogen (secondary N) is 2. The van der Waals surface area contributed by atoms with Gasteiger partial charge in [-0.25, -0.2) is 0 Å². The molecule has 27 heavy (non-hydrogen) atoms. The van der Waals surface area contributed by atoms with Crippen LogP contribution in [0.15, 0.2) is 35.3 Å². The average molecular weight is 374 g/mol. The summed E-state index contributed by atoms with van der Waals surface area (Å²) >= 11 is 0. The number of piperazine rings is 1. The highest BCUT2D eigenvalue weighted by Gasteiger charge is 2.25. The van der Waals surface area contributed by atoms with Gasteiger partial charge in [-0.1, -0.05) is 30.3 Å². The Bertz CT molecular complexity index is 573. The third kappa shape index (κ3) is 6.19. The number of guanidine groups is 1. The molecule has 0 radical (unpaired) electrons. The van der Waals surface area contributed by atoms with E-state index in [1.54, 1.807) is 0 Å². The summed E-state index contributed by atoms with van der Waals surface area (Å²) < 4.78 is 5.66. The molecule has 2 aliphatic rings. The van der Waals surface area contributed by atoms with E-state index in [-0.39, 0.29) is 0 Å². The summed E-state index contributed by atoms with van der Waals surface area (Å²) in [5.74, 6) is 0.878. The number of hydrogen-bond donors (Lipinski definition) is 2. The van der Waals surface area contributed by atoms with Gasteiger partial charge in [0.05, 0.1) is 6.10 Å². The third-order valence-electron chi connectivity index (χ3n) is 5.54. The summed E-state index contributed by atoms with van der Waals surface area (Å²) in [6.07, 6.45) is 3.76. The molecule has 2 heterocycles. The van der Waals surface area contributed by atoms with Crippen LogP contribution in [-0.4, -0.2) is 81.8 Å². The van der Waals surface area contributed by atoms with E-state index in [0.717, 1.165) is 64.7 Å². The Labute approximate surface area is 164 Å². The lowest BCUT2D eigenvalue weighted by Crippen LogP contribution is -2.47. The molecule has 3 rings (SSSR count). The van der Waals surface area contributed by atoms with E-state index in [2.05, 4.69) is 62.8 Å². The first-order valence-electron chi connectivity index (χ1n) is 10.3. The van der Waals surface area contributed by atoms with E-state index in [0.29, 0.717) is 12.1 Å². The monoisotopic (exact) mass is 373 g/mol. The van der Waals surface area contributed by atoms with E-state index < -0.39 is 0 Å².